The number of amides is 1. The quantitative estimate of drug-likeness (QED) is 0.862. The Morgan fingerprint density at radius 3 is 2.90 bits per heavy atom. The van der Waals surface area contributed by atoms with Gasteiger partial charge in [-0.15, -0.1) is 0 Å². The van der Waals surface area contributed by atoms with Crippen LogP contribution in [0, 0.1) is 5.82 Å². The molecule has 20 heavy (non-hydrogen) atoms. The van der Waals surface area contributed by atoms with Crippen LogP contribution in [0.4, 0.5) is 4.39 Å². The average Bonchev–Trinajstić information content (AvgIpc) is 2.76. The maximum absolute atomic E-state index is 13.1. The lowest BCUT2D eigenvalue weighted by atomic mass is 10.1. The van der Waals surface area contributed by atoms with Crippen LogP contribution in [0.15, 0.2) is 18.2 Å². The molecule has 0 spiro atoms. The summed E-state index contributed by atoms with van der Waals surface area (Å²) in [6.45, 7) is 6.23. The second-order valence-electron chi connectivity index (χ2n) is 5.49. The summed E-state index contributed by atoms with van der Waals surface area (Å²) in [5.74, 6) is 0.463. The minimum absolute atomic E-state index is 0.0263. The SMILES string of the molecule is CC(C)NC(=O)C(C)NCC1Cc2cc(F)ccc2O1. The number of halogens is 1. The molecule has 0 radical (unpaired) electrons. The lowest BCUT2D eigenvalue weighted by Crippen LogP contribution is -2.47. The van der Waals surface area contributed by atoms with Crippen LogP contribution in [0.2, 0.25) is 0 Å². The number of nitrogens with one attached hydrogen (secondary N) is 2. The second kappa shape index (κ2) is 6.22. The zero-order valence-corrected chi connectivity index (χ0v) is 12.1. The summed E-state index contributed by atoms with van der Waals surface area (Å²) >= 11 is 0. The minimum atomic E-state index is -0.276. The van der Waals surface area contributed by atoms with E-state index in [0.717, 1.165) is 11.3 Å². The predicted molar refractivity (Wildman–Crippen MR) is 75.3 cm³/mol. The molecular formula is C15H21FN2O2. The van der Waals surface area contributed by atoms with E-state index in [1.807, 2.05) is 20.8 Å². The molecule has 1 aromatic rings. The minimum Gasteiger partial charge on any atom is -0.488 e. The van der Waals surface area contributed by atoms with Gasteiger partial charge in [0.05, 0.1) is 6.04 Å². The summed E-state index contributed by atoms with van der Waals surface area (Å²) in [5.41, 5.74) is 0.885. The number of benzene rings is 1. The molecule has 1 aromatic carbocycles. The van der Waals surface area contributed by atoms with E-state index in [1.165, 1.54) is 12.1 Å². The summed E-state index contributed by atoms with van der Waals surface area (Å²) in [5, 5.41) is 6.00. The molecule has 0 aromatic heterocycles. The van der Waals surface area contributed by atoms with Gasteiger partial charge in [0.25, 0.3) is 0 Å². The molecule has 0 aliphatic carbocycles. The number of hydrogen-bond donors (Lipinski definition) is 2. The zero-order chi connectivity index (χ0) is 14.7. The van der Waals surface area contributed by atoms with E-state index in [9.17, 15) is 9.18 Å². The van der Waals surface area contributed by atoms with Crippen LogP contribution in [0.5, 0.6) is 5.75 Å². The van der Waals surface area contributed by atoms with E-state index in [2.05, 4.69) is 10.6 Å². The van der Waals surface area contributed by atoms with Crippen LogP contribution in [-0.4, -0.2) is 30.6 Å². The molecule has 0 bridgehead atoms. The van der Waals surface area contributed by atoms with Crippen molar-refractivity contribution < 1.29 is 13.9 Å². The number of rotatable bonds is 5. The Kier molecular flexibility index (Phi) is 4.60. The Balaban J connectivity index is 1.81. The smallest absolute Gasteiger partial charge is 0.237 e. The van der Waals surface area contributed by atoms with E-state index in [4.69, 9.17) is 4.74 Å². The van der Waals surface area contributed by atoms with Crippen molar-refractivity contribution >= 4 is 5.91 Å². The van der Waals surface area contributed by atoms with Crippen molar-refractivity contribution in [2.24, 2.45) is 0 Å². The van der Waals surface area contributed by atoms with E-state index in [1.54, 1.807) is 6.07 Å². The molecule has 0 fully saturated rings. The van der Waals surface area contributed by atoms with Crippen molar-refractivity contribution in [2.75, 3.05) is 6.54 Å². The zero-order valence-electron chi connectivity index (χ0n) is 12.1. The third-order valence-electron chi connectivity index (χ3n) is 3.24. The molecule has 0 saturated heterocycles. The van der Waals surface area contributed by atoms with E-state index < -0.39 is 0 Å². The summed E-state index contributed by atoms with van der Waals surface area (Å²) in [6, 6.07) is 4.40. The molecule has 1 aliphatic heterocycles. The first-order valence-electron chi connectivity index (χ1n) is 6.94. The van der Waals surface area contributed by atoms with Gasteiger partial charge < -0.3 is 15.4 Å². The van der Waals surface area contributed by atoms with Crippen molar-refractivity contribution in [3.63, 3.8) is 0 Å². The van der Waals surface area contributed by atoms with Crippen LogP contribution in [0.25, 0.3) is 0 Å². The molecule has 110 valence electrons. The normalized spacial score (nSPS) is 18.6. The molecule has 2 unspecified atom stereocenters. The Morgan fingerprint density at radius 2 is 2.20 bits per heavy atom. The molecule has 5 heteroatoms. The van der Waals surface area contributed by atoms with Crippen LogP contribution in [0.3, 0.4) is 0 Å². The highest BCUT2D eigenvalue weighted by Crippen LogP contribution is 2.28. The maximum atomic E-state index is 13.1. The molecule has 2 N–H and O–H groups in total. The van der Waals surface area contributed by atoms with Crippen LogP contribution < -0.4 is 15.4 Å². The van der Waals surface area contributed by atoms with Gasteiger partial charge >= 0.3 is 0 Å². The topological polar surface area (TPSA) is 50.4 Å². The number of carbonyl (C=O) groups is 1. The average molecular weight is 280 g/mol. The summed E-state index contributed by atoms with van der Waals surface area (Å²) in [4.78, 5) is 11.8. The highest BCUT2D eigenvalue weighted by atomic mass is 19.1. The standard InChI is InChI=1S/C15H21FN2O2/c1-9(2)18-15(19)10(3)17-8-13-7-11-6-12(16)4-5-14(11)20-13/h4-6,9-10,13,17H,7-8H2,1-3H3,(H,18,19). The summed E-state index contributed by atoms with van der Waals surface area (Å²) in [6.07, 6.45) is 0.611. The first-order chi connectivity index (χ1) is 9.45. The van der Waals surface area contributed by atoms with Gasteiger partial charge in [0.15, 0.2) is 0 Å². The van der Waals surface area contributed by atoms with Gasteiger partial charge in [0, 0.05) is 24.6 Å². The number of carbonyl (C=O) groups excluding carboxylic acids is 1. The van der Waals surface area contributed by atoms with Gasteiger partial charge in [-0.1, -0.05) is 0 Å². The van der Waals surface area contributed by atoms with E-state index in [0.29, 0.717) is 13.0 Å². The molecular weight excluding hydrogens is 259 g/mol. The van der Waals surface area contributed by atoms with Crippen LogP contribution >= 0.6 is 0 Å². The van der Waals surface area contributed by atoms with Gasteiger partial charge in [0.1, 0.15) is 17.7 Å². The molecule has 2 rings (SSSR count). The Morgan fingerprint density at radius 1 is 1.45 bits per heavy atom. The van der Waals surface area contributed by atoms with Crippen LogP contribution in [-0.2, 0) is 11.2 Å². The van der Waals surface area contributed by atoms with Crippen molar-refractivity contribution in [1.29, 1.82) is 0 Å². The lowest BCUT2D eigenvalue weighted by Gasteiger charge is -2.18. The fourth-order valence-electron chi connectivity index (χ4n) is 2.21. The maximum Gasteiger partial charge on any atom is 0.237 e. The monoisotopic (exact) mass is 280 g/mol. The van der Waals surface area contributed by atoms with Crippen molar-refractivity contribution in [3.8, 4) is 5.75 Å². The molecule has 1 heterocycles. The van der Waals surface area contributed by atoms with E-state index in [-0.39, 0.29) is 29.9 Å². The van der Waals surface area contributed by atoms with E-state index >= 15 is 0 Å². The van der Waals surface area contributed by atoms with Gasteiger partial charge in [-0.25, -0.2) is 4.39 Å². The Hall–Kier alpha value is -1.62. The van der Waals surface area contributed by atoms with Crippen molar-refractivity contribution in [2.45, 2.75) is 45.4 Å². The molecule has 2 atom stereocenters. The molecule has 1 aliphatic rings. The van der Waals surface area contributed by atoms with Gasteiger partial charge in [-0.05, 0) is 39.0 Å². The highest BCUT2D eigenvalue weighted by Gasteiger charge is 2.24. The van der Waals surface area contributed by atoms with Crippen molar-refractivity contribution in [3.05, 3.63) is 29.6 Å². The van der Waals surface area contributed by atoms with Crippen molar-refractivity contribution in [1.82, 2.24) is 10.6 Å². The first-order valence-corrected chi connectivity index (χ1v) is 6.94. The largest absolute Gasteiger partial charge is 0.488 e. The fraction of sp³-hybridized carbons (Fsp3) is 0.533. The third kappa shape index (κ3) is 3.70. The molecule has 4 nitrogen and oxygen atoms in total. The lowest BCUT2D eigenvalue weighted by molar-refractivity contribution is -0.123. The first kappa shape index (κ1) is 14.8. The number of fused-ring (bicyclic) bond motifs is 1. The third-order valence-corrected chi connectivity index (χ3v) is 3.24. The Bertz CT molecular complexity index is 491. The summed E-state index contributed by atoms with van der Waals surface area (Å²) in [7, 11) is 0. The van der Waals surface area contributed by atoms with Gasteiger partial charge in [0.2, 0.25) is 5.91 Å². The summed E-state index contributed by atoms with van der Waals surface area (Å²) < 4.78 is 18.8. The Labute approximate surface area is 118 Å². The molecule has 0 saturated carbocycles. The van der Waals surface area contributed by atoms with Crippen LogP contribution in [0.1, 0.15) is 26.3 Å². The number of ether oxygens (including phenoxy) is 1. The highest BCUT2D eigenvalue weighted by molar-refractivity contribution is 5.81. The predicted octanol–water partition coefficient (Wildman–Crippen LogP) is 1.63. The second-order valence-corrected chi connectivity index (χ2v) is 5.49. The van der Waals surface area contributed by atoms with Gasteiger partial charge in [-0.2, -0.15) is 0 Å². The van der Waals surface area contributed by atoms with Gasteiger partial charge in [-0.3, -0.25) is 4.79 Å². The fourth-order valence-corrected chi connectivity index (χ4v) is 2.21. The molecule has 1 amide bonds. The number of hydrogen-bond acceptors (Lipinski definition) is 3.